The van der Waals surface area contributed by atoms with Crippen LogP contribution in [0.25, 0.3) is 11.2 Å². The van der Waals surface area contributed by atoms with Crippen LogP contribution in [-0.4, -0.2) is 30.4 Å². The lowest BCUT2D eigenvalue weighted by Crippen LogP contribution is -2.40. The van der Waals surface area contributed by atoms with Crippen molar-refractivity contribution < 1.29 is 5.11 Å². The number of aliphatic hydroxyl groups excluding tert-OH is 1. The third-order valence-corrected chi connectivity index (χ3v) is 4.37. The van der Waals surface area contributed by atoms with Crippen LogP contribution in [0.15, 0.2) is 33.9 Å². The lowest BCUT2D eigenvalue weighted by atomic mass is 10.1. The van der Waals surface area contributed by atoms with Crippen molar-refractivity contribution in [1.82, 2.24) is 18.7 Å². The van der Waals surface area contributed by atoms with Crippen molar-refractivity contribution in [2.45, 2.75) is 26.4 Å². The Balaban J connectivity index is 2.24. The normalized spacial score (nSPS) is 10.5. The van der Waals surface area contributed by atoms with Gasteiger partial charge in [0.2, 0.25) is 0 Å². The number of terminal acetylenes is 1. The highest BCUT2D eigenvalue weighted by molar-refractivity contribution is 5.72. The van der Waals surface area contributed by atoms with E-state index in [9.17, 15) is 9.59 Å². The van der Waals surface area contributed by atoms with Crippen molar-refractivity contribution in [3.63, 3.8) is 0 Å². The summed E-state index contributed by atoms with van der Waals surface area (Å²) in [6, 6.07) is 7.74. The number of imidazole rings is 1. The number of aryl methyl sites for hydroxylation is 3. The van der Waals surface area contributed by atoms with Crippen LogP contribution >= 0.6 is 0 Å². The van der Waals surface area contributed by atoms with Crippen LogP contribution in [0.1, 0.15) is 23.4 Å². The Morgan fingerprint density at radius 3 is 2.68 bits per heavy atom. The predicted molar refractivity (Wildman–Crippen MR) is 107 cm³/mol. The second kappa shape index (κ2) is 7.99. The summed E-state index contributed by atoms with van der Waals surface area (Å²) >= 11 is 0. The quantitative estimate of drug-likeness (QED) is 0.677. The van der Waals surface area contributed by atoms with Crippen LogP contribution in [0.2, 0.25) is 0 Å². The minimum absolute atomic E-state index is 0.0882. The Labute approximate surface area is 161 Å². The topological polar surface area (TPSA) is 82.1 Å². The molecule has 28 heavy (non-hydrogen) atoms. The second-order valence-corrected chi connectivity index (χ2v) is 6.39. The van der Waals surface area contributed by atoms with Gasteiger partial charge in [-0.15, -0.1) is 6.42 Å². The van der Waals surface area contributed by atoms with Crippen LogP contribution in [0.5, 0.6) is 0 Å². The first kappa shape index (κ1) is 19.2. The average molecular weight is 376 g/mol. The zero-order valence-corrected chi connectivity index (χ0v) is 15.8. The summed E-state index contributed by atoms with van der Waals surface area (Å²) in [5.74, 6) is 8.71. The molecule has 0 aliphatic carbocycles. The molecular weight excluding hydrogens is 356 g/mol. The molecule has 0 saturated heterocycles. The minimum Gasteiger partial charge on any atom is -0.396 e. The van der Waals surface area contributed by atoms with E-state index < -0.39 is 11.2 Å². The van der Waals surface area contributed by atoms with Gasteiger partial charge in [-0.25, -0.2) is 14.3 Å². The molecule has 0 amide bonds. The Hall–Kier alpha value is -3.55. The van der Waals surface area contributed by atoms with E-state index in [-0.39, 0.29) is 30.9 Å². The zero-order chi connectivity index (χ0) is 20.3. The van der Waals surface area contributed by atoms with Crippen LogP contribution in [-0.2, 0) is 20.1 Å². The number of aliphatic hydroxyl groups is 1. The molecule has 1 aromatic carbocycles. The molecule has 2 heterocycles. The molecule has 1 N–H and O–H groups in total. The molecule has 2 aromatic heterocycles. The first-order valence-corrected chi connectivity index (χ1v) is 8.81. The van der Waals surface area contributed by atoms with Crippen molar-refractivity contribution in [2.75, 3.05) is 6.61 Å². The van der Waals surface area contributed by atoms with Gasteiger partial charge in [0, 0.05) is 25.8 Å². The van der Waals surface area contributed by atoms with E-state index in [1.54, 1.807) is 11.6 Å². The molecule has 3 aromatic rings. The van der Waals surface area contributed by atoms with Crippen molar-refractivity contribution in [2.24, 2.45) is 7.05 Å². The Kier molecular flexibility index (Phi) is 5.49. The molecular formula is C21H20N4O3. The SMILES string of the molecule is C#CCn1c(=O)c2c(nc(C#Cc3cccc(C)c3)n2C)n(CCCO)c1=O. The van der Waals surface area contributed by atoms with Crippen LogP contribution in [0.3, 0.4) is 0 Å². The number of hydrogen-bond donors (Lipinski definition) is 1. The molecule has 0 spiro atoms. The average Bonchev–Trinajstić information content (AvgIpc) is 3.00. The number of nitrogens with zero attached hydrogens (tertiary/aromatic N) is 4. The van der Waals surface area contributed by atoms with E-state index in [2.05, 4.69) is 22.7 Å². The van der Waals surface area contributed by atoms with Crippen LogP contribution < -0.4 is 11.2 Å². The largest absolute Gasteiger partial charge is 0.396 e. The lowest BCUT2D eigenvalue weighted by molar-refractivity contribution is 0.279. The van der Waals surface area contributed by atoms with Crippen molar-refractivity contribution >= 4 is 11.2 Å². The maximum Gasteiger partial charge on any atom is 0.333 e. The molecule has 0 radical (unpaired) electrons. The van der Waals surface area contributed by atoms with Crippen molar-refractivity contribution in [3.05, 3.63) is 62.1 Å². The van der Waals surface area contributed by atoms with Gasteiger partial charge in [0.15, 0.2) is 17.0 Å². The first-order chi connectivity index (χ1) is 13.5. The standard InChI is InChI=1S/C21H20N4O3/c1-4-11-25-20(27)18-19(24(21(25)28)12-6-13-26)22-17(23(18)3)10-9-16-8-5-7-15(2)14-16/h1,5,7-8,14,26H,6,11-13H2,2-3H3. The molecule has 0 aliphatic rings. The van der Waals surface area contributed by atoms with Crippen LogP contribution in [0, 0.1) is 31.1 Å². The summed E-state index contributed by atoms with van der Waals surface area (Å²) < 4.78 is 3.93. The van der Waals surface area contributed by atoms with Gasteiger partial charge in [0.25, 0.3) is 5.56 Å². The highest BCUT2D eigenvalue weighted by Gasteiger charge is 2.18. The summed E-state index contributed by atoms with van der Waals surface area (Å²) in [6.45, 7) is 1.98. The number of aromatic nitrogens is 4. The first-order valence-electron chi connectivity index (χ1n) is 8.81. The maximum atomic E-state index is 12.8. The van der Waals surface area contributed by atoms with Crippen LogP contribution in [0.4, 0.5) is 0 Å². The van der Waals surface area contributed by atoms with Gasteiger partial charge in [-0.3, -0.25) is 9.36 Å². The fourth-order valence-corrected chi connectivity index (χ4v) is 2.99. The molecule has 0 fully saturated rings. The van der Waals surface area contributed by atoms with Gasteiger partial charge >= 0.3 is 5.69 Å². The van der Waals surface area contributed by atoms with E-state index in [0.717, 1.165) is 15.7 Å². The van der Waals surface area contributed by atoms with Gasteiger partial charge in [0.05, 0.1) is 6.54 Å². The van der Waals surface area contributed by atoms with Gasteiger partial charge in [-0.05, 0) is 37.0 Å². The van der Waals surface area contributed by atoms with Crippen molar-refractivity contribution in [1.29, 1.82) is 0 Å². The van der Waals surface area contributed by atoms with Gasteiger partial charge in [-0.1, -0.05) is 24.0 Å². The zero-order valence-electron chi connectivity index (χ0n) is 15.8. The summed E-state index contributed by atoms with van der Waals surface area (Å²) in [6.07, 6.45) is 5.67. The molecule has 7 nitrogen and oxygen atoms in total. The summed E-state index contributed by atoms with van der Waals surface area (Å²) in [5, 5.41) is 9.15. The monoisotopic (exact) mass is 376 g/mol. The Bertz CT molecular complexity index is 1260. The van der Waals surface area contributed by atoms with E-state index in [1.807, 2.05) is 31.2 Å². The second-order valence-electron chi connectivity index (χ2n) is 6.39. The number of hydrogen-bond acceptors (Lipinski definition) is 4. The molecule has 0 atom stereocenters. The molecule has 0 bridgehead atoms. The minimum atomic E-state index is -0.541. The number of rotatable bonds is 4. The smallest absolute Gasteiger partial charge is 0.333 e. The third-order valence-electron chi connectivity index (χ3n) is 4.37. The fourth-order valence-electron chi connectivity index (χ4n) is 2.99. The molecule has 7 heteroatoms. The van der Waals surface area contributed by atoms with Crippen molar-refractivity contribution in [3.8, 4) is 24.2 Å². The Morgan fingerprint density at radius 2 is 2.00 bits per heavy atom. The fraction of sp³-hybridized carbons (Fsp3) is 0.286. The summed E-state index contributed by atoms with van der Waals surface area (Å²) in [5.41, 5.74) is 1.37. The lowest BCUT2D eigenvalue weighted by Gasteiger charge is -2.09. The molecule has 142 valence electrons. The highest BCUT2D eigenvalue weighted by atomic mass is 16.3. The van der Waals surface area contributed by atoms with E-state index in [1.165, 1.54) is 4.57 Å². The predicted octanol–water partition coefficient (Wildman–Crippen LogP) is 0.621. The van der Waals surface area contributed by atoms with E-state index in [4.69, 9.17) is 11.5 Å². The number of fused-ring (bicyclic) bond motifs is 1. The number of benzene rings is 1. The third kappa shape index (κ3) is 3.48. The van der Waals surface area contributed by atoms with Gasteiger partial charge < -0.3 is 9.67 Å². The molecule has 0 saturated carbocycles. The summed E-state index contributed by atoms with van der Waals surface area (Å²) in [4.78, 5) is 29.9. The van der Waals surface area contributed by atoms with E-state index in [0.29, 0.717) is 12.2 Å². The highest BCUT2D eigenvalue weighted by Crippen LogP contribution is 2.10. The van der Waals surface area contributed by atoms with E-state index >= 15 is 0 Å². The van der Waals surface area contributed by atoms with Gasteiger partial charge in [0.1, 0.15) is 0 Å². The molecule has 3 rings (SSSR count). The maximum absolute atomic E-state index is 12.8. The van der Waals surface area contributed by atoms with Gasteiger partial charge in [-0.2, -0.15) is 0 Å². The summed E-state index contributed by atoms with van der Waals surface area (Å²) in [7, 11) is 1.68. The molecule has 0 aliphatic heterocycles. The molecule has 0 unspecified atom stereocenters. The Morgan fingerprint density at radius 1 is 1.21 bits per heavy atom.